The van der Waals surface area contributed by atoms with Gasteiger partial charge >= 0.3 is 6.29 Å². The molecule has 3 N–H and O–H groups in total. The third-order valence-corrected chi connectivity index (χ3v) is 3.53. The van der Waals surface area contributed by atoms with Crippen LogP contribution in [-0.4, -0.2) is 17.2 Å². The van der Waals surface area contributed by atoms with Crippen molar-refractivity contribution in [3.63, 3.8) is 0 Å². The second-order valence-corrected chi connectivity index (χ2v) is 5.15. The van der Waals surface area contributed by atoms with E-state index in [1.807, 2.05) is 0 Å². The molecule has 0 fully saturated rings. The van der Waals surface area contributed by atoms with E-state index in [4.69, 9.17) is 5.73 Å². The number of nitrogen functional groups attached to an aromatic ring is 1. The summed E-state index contributed by atoms with van der Waals surface area (Å²) >= 11 is 1.27. The highest BCUT2D eigenvalue weighted by Gasteiger charge is 2.43. The largest absolute Gasteiger partial charge is 0.586 e. The molecule has 0 aliphatic carbocycles. The number of nitrogens with two attached hydrogens (primary N) is 1. The fourth-order valence-corrected chi connectivity index (χ4v) is 2.47. The molecule has 0 bridgehead atoms. The normalized spacial score (nSPS) is 15.0. The Morgan fingerprint density at radius 1 is 1.38 bits per heavy atom. The van der Waals surface area contributed by atoms with Crippen molar-refractivity contribution < 1.29 is 23.0 Å². The van der Waals surface area contributed by atoms with Gasteiger partial charge < -0.3 is 20.5 Å². The zero-order valence-electron chi connectivity index (χ0n) is 10.4. The summed E-state index contributed by atoms with van der Waals surface area (Å²) in [5.74, 6) is -0.239. The molecular formula is C12H9F2N3O3S. The van der Waals surface area contributed by atoms with Crippen molar-refractivity contribution in [1.29, 1.82) is 0 Å². The van der Waals surface area contributed by atoms with Crippen LogP contribution in [0.2, 0.25) is 0 Å². The average molecular weight is 313 g/mol. The number of thiazole rings is 1. The number of anilines is 2. The molecule has 1 aliphatic rings. The van der Waals surface area contributed by atoms with Crippen molar-refractivity contribution in [2.24, 2.45) is 0 Å². The van der Waals surface area contributed by atoms with E-state index < -0.39 is 6.29 Å². The molecule has 0 unspecified atom stereocenters. The fourth-order valence-electron chi connectivity index (χ4n) is 1.79. The Kier molecular flexibility index (Phi) is 3.13. The standard InChI is InChI=1S/C12H9F2N3O3S/c13-12(14)19-7-2-1-6(3-8(7)20-12)17-10(18)4-9-11(15)16-5-21-9/h1-3,5H,4,15H2,(H,17,18). The van der Waals surface area contributed by atoms with Gasteiger partial charge in [-0.3, -0.25) is 4.79 Å². The van der Waals surface area contributed by atoms with Crippen molar-refractivity contribution >= 4 is 28.7 Å². The van der Waals surface area contributed by atoms with Crippen molar-refractivity contribution in [2.75, 3.05) is 11.1 Å². The fraction of sp³-hybridized carbons (Fsp3) is 0.167. The molecule has 1 aromatic carbocycles. The van der Waals surface area contributed by atoms with E-state index in [0.29, 0.717) is 16.4 Å². The van der Waals surface area contributed by atoms with Crippen LogP contribution in [0.4, 0.5) is 20.3 Å². The smallest absolute Gasteiger partial charge is 0.395 e. The number of hydrogen-bond donors (Lipinski definition) is 2. The van der Waals surface area contributed by atoms with Gasteiger partial charge in [0, 0.05) is 11.8 Å². The Labute approximate surface area is 121 Å². The Balaban J connectivity index is 1.69. The van der Waals surface area contributed by atoms with E-state index in [9.17, 15) is 13.6 Å². The van der Waals surface area contributed by atoms with Crippen LogP contribution in [0, 0.1) is 0 Å². The Hall–Kier alpha value is -2.42. The third-order valence-electron chi connectivity index (χ3n) is 2.68. The molecule has 3 rings (SSSR count). The molecule has 21 heavy (non-hydrogen) atoms. The number of hydrogen-bond acceptors (Lipinski definition) is 6. The van der Waals surface area contributed by atoms with Crippen LogP contribution >= 0.6 is 11.3 Å². The van der Waals surface area contributed by atoms with Gasteiger partial charge in [-0.1, -0.05) is 0 Å². The molecule has 1 aliphatic heterocycles. The van der Waals surface area contributed by atoms with Gasteiger partial charge in [0.05, 0.1) is 16.8 Å². The van der Waals surface area contributed by atoms with Crippen molar-refractivity contribution in [1.82, 2.24) is 4.98 Å². The molecule has 2 aromatic rings. The number of carbonyl (C=O) groups excluding carboxylic acids is 1. The molecule has 0 atom stereocenters. The molecule has 110 valence electrons. The molecule has 2 heterocycles. The molecule has 1 aromatic heterocycles. The number of aromatic nitrogens is 1. The predicted molar refractivity (Wildman–Crippen MR) is 71.5 cm³/mol. The summed E-state index contributed by atoms with van der Waals surface area (Å²) in [6.45, 7) is 0. The van der Waals surface area contributed by atoms with Crippen LogP contribution < -0.4 is 20.5 Å². The molecule has 0 spiro atoms. The Morgan fingerprint density at radius 3 is 2.86 bits per heavy atom. The first kappa shape index (κ1) is 13.6. The molecule has 0 radical (unpaired) electrons. The molecule has 0 saturated carbocycles. The Morgan fingerprint density at radius 2 is 2.14 bits per heavy atom. The van der Waals surface area contributed by atoms with E-state index in [-0.39, 0.29) is 23.8 Å². The van der Waals surface area contributed by atoms with Crippen molar-refractivity contribution in [2.45, 2.75) is 12.7 Å². The minimum absolute atomic E-state index is 0.0566. The van der Waals surface area contributed by atoms with Gasteiger partial charge in [-0.05, 0) is 12.1 Å². The SMILES string of the molecule is Nc1ncsc1CC(=O)Nc1ccc2c(c1)OC(F)(F)O2. The van der Waals surface area contributed by atoms with Crippen LogP contribution in [-0.2, 0) is 11.2 Å². The van der Waals surface area contributed by atoms with E-state index >= 15 is 0 Å². The number of rotatable bonds is 3. The number of halogens is 2. The highest BCUT2D eigenvalue weighted by Crippen LogP contribution is 2.42. The van der Waals surface area contributed by atoms with Gasteiger partial charge in [0.15, 0.2) is 11.5 Å². The summed E-state index contributed by atoms with van der Waals surface area (Å²) in [7, 11) is 0. The summed E-state index contributed by atoms with van der Waals surface area (Å²) in [6, 6.07) is 4.01. The van der Waals surface area contributed by atoms with Gasteiger partial charge in [0.2, 0.25) is 5.91 Å². The third kappa shape index (κ3) is 2.87. The van der Waals surface area contributed by atoms with Gasteiger partial charge in [-0.25, -0.2) is 4.98 Å². The zero-order valence-corrected chi connectivity index (χ0v) is 11.2. The number of benzene rings is 1. The van der Waals surface area contributed by atoms with Gasteiger partial charge in [-0.2, -0.15) is 0 Å². The Bertz CT molecular complexity index is 705. The topological polar surface area (TPSA) is 86.5 Å². The van der Waals surface area contributed by atoms with E-state index in [1.54, 1.807) is 5.51 Å². The van der Waals surface area contributed by atoms with E-state index in [2.05, 4.69) is 19.8 Å². The quantitative estimate of drug-likeness (QED) is 0.907. The number of carbonyl (C=O) groups is 1. The maximum Gasteiger partial charge on any atom is 0.586 e. The second kappa shape index (κ2) is 4.85. The van der Waals surface area contributed by atoms with Crippen LogP contribution in [0.5, 0.6) is 11.5 Å². The van der Waals surface area contributed by atoms with Gasteiger partial charge in [0.25, 0.3) is 0 Å². The minimum Gasteiger partial charge on any atom is -0.395 e. The number of alkyl halides is 2. The molecule has 6 nitrogen and oxygen atoms in total. The monoisotopic (exact) mass is 313 g/mol. The number of fused-ring (bicyclic) bond motifs is 1. The summed E-state index contributed by atoms with van der Waals surface area (Å²) in [5.41, 5.74) is 7.45. The number of nitrogens with one attached hydrogen (secondary N) is 1. The van der Waals surface area contributed by atoms with Gasteiger partial charge in [0.1, 0.15) is 5.82 Å². The van der Waals surface area contributed by atoms with Crippen molar-refractivity contribution in [3.8, 4) is 11.5 Å². The summed E-state index contributed by atoms with van der Waals surface area (Å²) in [4.78, 5) is 16.3. The first-order chi connectivity index (χ1) is 9.93. The van der Waals surface area contributed by atoms with E-state index in [0.717, 1.165) is 0 Å². The molecule has 1 amide bonds. The lowest BCUT2D eigenvalue weighted by molar-refractivity contribution is -0.286. The second-order valence-electron chi connectivity index (χ2n) is 4.21. The lowest BCUT2D eigenvalue weighted by Gasteiger charge is -2.05. The minimum atomic E-state index is -3.68. The maximum atomic E-state index is 12.9. The highest BCUT2D eigenvalue weighted by atomic mass is 32.1. The molecule has 0 saturated heterocycles. The summed E-state index contributed by atoms with van der Waals surface area (Å²) < 4.78 is 34.3. The van der Waals surface area contributed by atoms with Crippen LogP contribution in [0.3, 0.4) is 0 Å². The first-order valence-corrected chi connectivity index (χ1v) is 6.68. The van der Waals surface area contributed by atoms with Crippen LogP contribution in [0.15, 0.2) is 23.7 Å². The zero-order chi connectivity index (χ0) is 15.0. The number of nitrogens with zero attached hydrogens (tertiary/aromatic N) is 1. The number of ether oxygens (including phenoxy) is 2. The van der Waals surface area contributed by atoms with Crippen LogP contribution in [0.1, 0.15) is 4.88 Å². The molecular weight excluding hydrogens is 304 g/mol. The predicted octanol–water partition coefficient (Wildman–Crippen LogP) is 2.23. The van der Waals surface area contributed by atoms with E-state index in [1.165, 1.54) is 29.5 Å². The molecule has 9 heteroatoms. The first-order valence-electron chi connectivity index (χ1n) is 5.80. The van der Waals surface area contributed by atoms with Crippen LogP contribution in [0.25, 0.3) is 0 Å². The highest BCUT2D eigenvalue weighted by molar-refractivity contribution is 7.10. The maximum absolute atomic E-state index is 12.9. The summed E-state index contributed by atoms with van der Waals surface area (Å²) in [6.07, 6.45) is -3.62. The average Bonchev–Trinajstić information content (AvgIpc) is 2.91. The van der Waals surface area contributed by atoms with Gasteiger partial charge in [-0.15, -0.1) is 20.1 Å². The van der Waals surface area contributed by atoms with Crippen molar-refractivity contribution in [3.05, 3.63) is 28.6 Å². The lowest BCUT2D eigenvalue weighted by Crippen LogP contribution is -2.25. The summed E-state index contributed by atoms with van der Waals surface area (Å²) in [5, 5.41) is 2.57. The number of amides is 1. The lowest BCUT2D eigenvalue weighted by atomic mass is 10.2.